The van der Waals surface area contributed by atoms with Crippen molar-refractivity contribution in [2.45, 2.75) is 52.5 Å². The molecule has 0 aromatic rings. The zero-order chi connectivity index (χ0) is 9.68. The summed E-state index contributed by atoms with van der Waals surface area (Å²) in [5, 5.41) is 3.60. The lowest BCUT2D eigenvalue weighted by Gasteiger charge is -2.26. The first-order valence-corrected chi connectivity index (χ1v) is 5.55. The lowest BCUT2D eigenvalue weighted by Crippen LogP contribution is -2.32. The van der Waals surface area contributed by atoms with Crippen molar-refractivity contribution in [3.05, 3.63) is 11.6 Å². The Bertz CT molecular complexity index is 160. The fourth-order valence-electron chi connectivity index (χ4n) is 1.89. The van der Waals surface area contributed by atoms with E-state index in [1.807, 2.05) is 0 Å². The largest absolute Gasteiger partial charge is 0.311 e. The Morgan fingerprint density at radius 2 is 1.85 bits per heavy atom. The van der Waals surface area contributed by atoms with E-state index in [2.05, 4.69) is 32.2 Å². The molecular formula is C12H23N. The molecule has 1 heteroatoms. The highest BCUT2D eigenvalue weighted by atomic mass is 14.9. The van der Waals surface area contributed by atoms with Crippen LogP contribution in [0.5, 0.6) is 0 Å². The van der Waals surface area contributed by atoms with Gasteiger partial charge in [0.15, 0.2) is 0 Å². The summed E-state index contributed by atoms with van der Waals surface area (Å²) in [5.74, 6) is 0.960. The van der Waals surface area contributed by atoms with Gasteiger partial charge >= 0.3 is 0 Å². The molecule has 1 nitrogen and oxygen atoms in total. The van der Waals surface area contributed by atoms with Crippen LogP contribution in [-0.4, -0.2) is 12.6 Å². The third-order valence-electron chi connectivity index (χ3n) is 2.93. The molecule has 0 heterocycles. The number of rotatable bonds is 3. The highest BCUT2D eigenvalue weighted by molar-refractivity contribution is 4.95. The molecule has 1 aliphatic carbocycles. The van der Waals surface area contributed by atoms with E-state index in [9.17, 15) is 0 Å². The van der Waals surface area contributed by atoms with Crippen molar-refractivity contribution in [3.8, 4) is 0 Å². The summed E-state index contributed by atoms with van der Waals surface area (Å²) in [7, 11) is 0. The summed E-state index contributed by atoms with van der Waals surface area (Å²) < 4.78 is 0. The van der Waals surface area contributed by atoms with Crippen LogP contribution in [0, 0.1) is 5.92 Å². The zero-order valence-electron chi connectivity index (χ0n) is 9.27. The minimum absolute atomic E-state index is 0.784. The SMILES string of the molecule is CC(C)=CCNC1CCC(C)CC1. The van der Waals surface area contributed by atoms with E-state index in [0.717, 1.165) is 18.5 Å². The van der Waals surface area contributed by atoms with Gasteiger partial charge in [-0.15, -0.1) is 0 Å². The van der Waals surface area contributed by atoms with Crippen LogP contribution in [0.15, 0.2) is 11.6 Å². The molecule has 0 amide bonds. The van der Waals surface area contributed by atoms with Crippen molar-refractivity contribution >= 4 is 0 Å². The molecule has 0 radical (unpaired) electrons. The Balaban J connectivity index is 2.12. The third kappa shape index (κ3) is 4.47. The van der Waals surface area contributed by atoms with Gasteiger partial charge in [0.1, 0.15) is 0 Å². The second kappa shape index (κ2) is 5.43. The Labute approximate surface area is 82.6 Å². The van der Waals surface area contributed by atoms with Gasteiger partial charge in [0.2, 0.25) is 0 Å². The predicted octanol–water partition coefficient (Wildman–Crippen LogP) is 3.12. The van der Waals surface area contributed by atoms with Crippen LogP contribution in [0.1, 0.15) is 46.5 Å². The number of hydrogen-bond donors (Lipinski definition) is 1. The van der Waals surface area contributed by atoms with Gasteiger partial charge in [0.25, 0.3) is 0 Å². The molecule has 0 bridgehead atoms. The molecule has 0 unspecified atom stereocenters. The van der Waals surface area contributed by atoms with Gasteiger partial charge in [0, 0.05) is 12.6 Å². The highest BCUT2D eigenvalue weighted by Crippen LogP contribution is 2.23. The average Bonchev–Trinajstić information content (AvgIpc) is 2.08. The molecule has 1 fully saturated rings. The maximum absolute atomic E-state index is 3.60. The van der Waals surface area contributed by atoms with Gasteiger partial charge in [-0.2, -0.15) is 0 Å². The summed E-state index contributed by atoms with van der Waals surface area (Å²) in [6.45, 7) is 7.74. The van der Waals surface area contributed by atoms with E-state index in [1.165, 1.54) is 31.3 Å². The molecule has 1 aliphatic rings. The van der Waals surface area contributed by atoms with E-state index in [-0.39, 0.29) is 0 Å². The second-order valence-corrected chi connectivity index (χ2v) is 4.65. The van der Waals surface area contributed by atoms with Crippen molar-refractivity contribution in [2.75, 3.05) is 6.54 Å². The van der Waals surface area contributed by atoms with E-state index < -0.39 is 0 Å². The van der Waals surface area contributed by atoms with Crippen LogP contribution >= 0.6 is 0 Å². The average molecular weight is 181 g/mol. The van der Waals surface area contributed by atoms with Crippen LogP contribution < -0.4 is 5.32 Å². The Morgan fingerprint density at radius 1 is 1.23 bits per heavy atom. The first-order valence-electron chi connectivity index (χ1n) is 5.55. The van der Waals surface area contributed by atoms with Crippen molar-refractivity contribution in [1.29, 1.82) is 0 Å². The first-order chi connectivity index (χ1) is 6.18. The number of allylic oxidation sites excluding steroid dienone is 1. The Morgan fingerprint density at radius 3 is 2.38 bits per heavy atom. The minimum atomic E-state index is 0.784. The fourth-order valence-corrected chi connectivity index (χ4v) is 1.89. The van der Waals surface area contributed by atoms with Crippen molar-refractivity contribution in [3.63, 3.8) is 0 Å². The van der Waals surface area contributed by atoms with Crippen LogP contribution in [-0.2, 0) is 0 Å². The van der Waals surface area contributed by atoms with Crippen LogP contribution in [0.25, 0.3) is 0 Å². The summed E-state index contributed by atoms with van der Waals surface area (Å²) >= 11 is 0. The second-order valence-electron chi connectivity index (χ2n) is 4.65. The van der Waals surface area contributed by atoms with Gasteiger partial charge < -0.3 is 5.32 Å². The predicted molar refractivity (Wildman–Crippen MR) is 58.9 cm³/mol. The molecule has 0 atom stereocenters. The van der Waals surface area contributed by atoms with Gasteiger partial charge in [-0.3, -0.25) is 0 Å². The van der Waals surface area contributed by atoms with Gasteiger partial charge in [-0.25, -0.2) is 0 Å². The van der Waals surface area contributed by atoms with Crippen LogP contribution in [0.3, 0.4) is 0 Å². The van der Waals surface area contributed by atoms with E-state index in [1.54, 1.807) is 0 Å². The number of nitrogens with one attached hydrogen (secondary N) is 1. The molecule has 0 aromatic carbocycles. The molecular weight excluding hydrogens is 158 g/mol. The number of hydrogen-bond acceptors (Lipinski definition) is 1. The van der Waals surface area contributed by atoms with Crippen LogP contribution in [0.4, 0.5) is 0 Å². The zero-order valence-corrected chi connectivity index (χ0v) is 9.27. The molecule has 1 saturated carbocycles. The molecule has 1 N–H and O–H groups in total. The molecule has 1 rings (SSSR count). The first kappa shape index (κ1) is 10.8. The third-order valence-corrected chi connectivity index (χ3v) is 2.93. The summed E-state index contributed by atoms with van der Waals surface area (Å²) in [5.41, 5.74) is 1.41. The van der Waals surface area contributed by atoms with Crippen LogP contribution in [0.2, 0.25) is 0 Å². The maximum atomic E-state index is 3.60. The molecule has 0 aromatic heterocycles. The molecule has 76 valence electrons. The van der Waals surface area contributed by atoms with E-state index in [4.69, 9.17) is 0 Å². The smallest absolute Gasteiger partial charge is 0.0139 e. The quantitative estimate of drug-likeness (QED) is 0.660. The minimum Gasteiger partial charge on any atom is -0.311 e. The summed E-state index contributed by atoms with van der Waals surface area (Å²) in [6, 6.07) is 0.784. The molecule has 13 heavy (non-hydrogen) atoms. The molecule has 0 spiro atoms. The lowest BCUT2D eigenvalue weighted by atomic mass is 9.87. The maximum Gasteiger partial charge on any atom is 0.0139 e. The van der Waals surface area contributed by atoms with Crippen molar-refractivity contribution in [1.82, 2.24) is 5.32 Å². The Kier molecular flexibility index (Phi) is 4.51. The van der Waals surface area contributed by atoms with Gasteiger partial charge in [-0.1, -0.05) is 18.6 Å². The molecule has 0 aliphatic heterocycles. The van der Waals surface area contributed by atoms with Gasteiger partial charge in [0.05, 0.1) is 0 Å². The van der Waals surface area contributed by atoms with Gasteiger partial charge in [-0.05, 0) is 45.4 Å². The Hall–Kier alpha value is -0.300. The standard InChI is InChI=1S/C12H23N/c1-10(2)8-9-13-12-6-4-11(3)5-7-12/h8,11-13H,4-7,9H2,1-3H3. The monoisotopic (exact) mass is 181 g/mol. The summed E-state index contributed by atoms with van der Waals surface area (Å²) in [6.07, 6.45) is 7.84. The van der Waals surface area contributed by atoms with Crippen molar-refractivity contribution in [2.24, 2.45) is 5.92 Å². The topological polar surface area (TPSA) is 12.0 Å². The normalized spacial score (nSPS) is 28.5. The molecule has 0 saturated heterocycles. The van der Waals surface area contributed by atoms with Crippen molar-refractivity contribution < 1.29 is 0 Å². The van der Waals surface area contributed by atoms with E-state index >= 15 is 0 Å². The summed E-state index contributed by atoms with van der Waals surface area (Å²) in [4.78, 5) is 0. The lowest BCUT2D eigenvalue weighted by molar-refractivity contribution is 0.314. The highest BCUT2D eigenvalue weighted by Gasteiger charge is 2.16. The fraction of sp³-hybridized carbons (Fsp3) is 0.833. The van der Waals surface area contributed by atoms with E-state index in [0.29, 0.717) is 0 Å².